The highest BCUT2D eigenvalue weighted by molar-refractivity contribution is 7.98. The number of imidazole rings is 1. The number of nitrogens with two attached hydrogens (primary N) is 1. The molecular weight excluding hydrogens is 310 g/mol. The maximum atomic E-state index is 5.80. The molecule has 2 aromatic heterocycles. The van der Waals surface area contributed by atoms with Crippen LogP contribution in [0.2, 0.25) is 0 Å². The van der Waals surface area contributed by atoms with Crippen LogP contribution in [0.4, 0.5) is 17.6 Å². The molecule has 0 amide bonds. The topological polar surface area (TPSA) is 94.5 Å². The summed E-state index contributed by atoms with van der Waals surface area (Å²) in [6.07, 6.45) is 3.66. The van der Waals surface area contributed by atoms with Crippen LogP contribution in [-0.4, -0.2) is 24.5 Å². The number of nitrogens with zero attached hydrogens (tertiary/aromatic N) is 5. The Morgan fingerprint density at radius 3 is 2.78 bits per heavy atom. The Morgan fingerprint density at radius 1 is 1.22 bits per heavy atom. The molecule has 0 radical (unpaired) electrons. The Bertz CT molecular complexity index is 815. The zero-order valence-corrected chi connectivity index (χ0v) is 13.7. The fourth-order valence-electron chi connectivity index (χ4n) is 2.01. The molecule has 0 bridgehead atoms. The Hall–Kier alpha value is -2.61. The van der Waals surface area contributed by atoms with Gasteiger partial charge in [0.2, 0.25) is 11.9 Å². The minimum absolute atomic E-state index is 0.200. The van der Waals surface area contributed by atoms with Crippen molar-refractivity contribution >= 4 is 29.3 Å². The van der Waals surface area contributed by atoms with E-state index in [4.69, 9.17) is 5.73 Å². The van der Waals surface area contributed by atoms with Crippen molar-refractivity contribution < 1.29 is 0 Å². The first-order valence-electron chi connectivity index (χ1n) is 7.05. The maximum absolute atomic E-state index is 5.80. The highest BCUT2D eigenvalue weighted by Crippen LogP contribution is 2.21. The van der Waals surface area contributed by atoms with E-state index in [1.54, 1.807) is 18.0 Å². The number of benzene rings is 1. The lowest BCUT2D eigenvalue weighted by Gasteiger charge is -2.09. The lowest BCUT2D eigenvalue weighted by molar-refractivity contribution is 0.789. The fraction of sp³-hybridized carbons (Fsp3) is 0.200. The Morgan fingerprint density at radius 2 is 2.04 bits per heavy atom. The van der Waals surface area contributed by atoms with E-state index in [1.807, 2.05) is 49.0 Å². The molecule has 0 aliphatic heterocycles. The molecule has 3 N–H and O–H groups in total. The van der Waals surface area contributed by atoms with Gasteiger partial charge in [-0.25, -0.2) is 4.98 Å². The number of nitrogens with one attached hydrogen (secondary N) is 1. The zero-order chi connectivity index (χ0) is 16.2. The Kier molecular flexibility index (Phi) is 4.42. The molecule has 0 saturated carbocycles. The van der Waals surface area contributed by atoms with Crippen LogP contribution in [0.5, 0.6) is 0 Å². The molecule has 23 heavy (non-hydrogen) atoms. The highest BCUT2D eigenvalue weighted by atomic mass is 32.2. The number of para-hydroxylation sites is 1. The van der Waals surface area contributed by atoms with Gasteiger partial charge in [0, 0.05) is 25.1 Å². The van der Waals surface area contributed by atoms with Crippen molar-refractivity contribution in [1.82, 2.24) is 24.5 Å². The number of thioether (sulfide) groups is 1. The lowest BCUT2D eigenvalue weighted by atomic mass is 10.2. The van der Waals surface area contributed by atoms with Gasteiger partial charge >= 0.3 is 0 Å². The van der Waals surface area contributed by atoms with Crippen molar-refractivity contribution in [3.05, 3.63) is 48.0 Å². The van der Waals surface area contributed by atoms with Crippen LogP contribution in [0.1, 0.15) is 11.4 Å². The van der Waals surface area contributed by atoms with E-state index < -0.39 is 0 Å². The maximum Gasteiger partial charge on any atom is 0.232 e. The van der Waals surface area contributed by atoms with Gasteiger partial charge in [0.1, 0.15) is 5.82 Å². The molecule has 0 saturated heterocycles. The van der Waals surface area contributed by atoms with E-state index in [0.717, 1.165) is 16.4 Å². The SMILES string of the molecule is Cc1ccccc1Nc1nc(N)nc(CSc2nccn2C)n1. The van der Waals surface area contributed by atoms with Crippen LogP contribution >= 0.6 is 11.8 Å². The molecule has 7 nitrogen and oxygen atoms in total. The smallest absolute Gasteiger partial charge is 0.232 e. The van der Waals surface area contributed by atoms with Crippen molar-refractivity contribution in [3.8, 4) is 0 Å². The first-order valence-corrected chi connectivity index (χ1v) is 8.03. The van der Waals surface area contributed by atoms with Crippen LogP contribution in [0.25, 0.3) is 0 Å². The fourth-order valence-corrected chi connectivity index (χ4v) is 2.80. The molecule has 0 aliphatic carbocycles. The van der Waals surface area contributed by atoms with Crippen molar-refractivity contribution in [2.45, 2.75) is 17.8 Å². The molecule has 0 atom stereocenters. The molecule has 118 valence electrons. The molecule has 3 rings (SSSR count). The van der Waals surface area contributed by atoms with Gasteiger partial charge in [-0.2, -0.15) is 15.0 Å². The van der Waals surface area contributed by atoms with E-state index in [0.29, 0.717) is 17.5 Å². The number of rotatable bonds is 5. The van der Waals surface area contributed by atoms with Crippen LogP contribution in [0, 0.1) is 6.92 Å². The first-order chi connectivity index (χ1) is 11.1. The summed E-state index contributed by atoms with van der Waals surface area (Å²) in [5, 5.41) is 4.09. The lowest BCUT2D eigenvalue weighted by Crippen LogP contribution is -2.07. The monoisotopic (exact) mass is 327 g/mol. The quantitative estimate of drug-likeness (QED) is 0.695. The molecule has 0 spiro atoms. The molecule has 3 aromatic rings. The zero-order valence-electron chi connectivity index (χ0n) is 12.9. The van der Waals surface area contributed by atoms with E-state index in [-0.39, 0.29) is 5.95 Å². The average molecular weight is 327 g/mol. The van der Waals surface area contributed by atoms with Crippen LogP contribution < -0.4 is 11.1 Å². The third-order valence-corrected chi connectivity index (χ3v) is 4.25. The summed E-state index contributed by atoms with van der Waals surface area (Å²) in [6, 6.07) is 7.93. The Balaban J connectivity index is 1.76. The molecule has 0 fully saturated rings. The van der Waals surface area contributed by atoms with Gasteiger partial charge in [-0.05, 0) is 18.6 Å². The van der Waals surface area contributed by atoms with E-state index in [2.05, 4.69) is 25.3 Å². The second kappa shape index (κ2) is 6.66. The van der Waals surface area contributed by atoms with E-state index >= 15 is 0 Å². The van der Waals surface area contributed by atoms with Gasteiger partial charge in [0.15, 0.2) is 5.16 Å². The number of anilines is 3. The summed E-state index contributed by atoms with van der Waals surface area (Å²) >= 11 is 1.55. The van der Waals surface area contributed by atoms with E-state index in [9.17, 15) is 0 Å². The summed E-state index contributed by atoms with van der Waals surface area (Å²) in [5.74, 6) is 1.83. The number of hydrogen-bond acceptors (Lipinski definition) is 7. The first kappa shape index (κ1) is 15.3. The molecule has 8 heteroatoms. The molecular formula is C15H17N7S. The van der Waals surface area contributed by atoms with Gasteiger partial charge in [-0.1, -0.05) is 30.0 Å². The second-order valence-corrected chi connectivity index (χ2v) is 5.93. The predicted octanol–water partition coefficient (Wildman–Crippen LogP) is 2.53. The van der Waals surface area contributed by atoms with Crippen molar-refractivity contribution in [2.75, 3.05) is 11.1 Å². The van der Waals surface area contributed by atoms with Gasteiger partial charge in [-0.3, -0.25) is 0 Å². The third-order valence-electron chi connectivity index (χ3n) is 3.20. The van der Waals surface area contributed by atoms with E-state index in [1.165, 1.54) is 0 Å². The van der Waals surface area contributed by atoms with Gasteiger partial charge in [0.25, 0.3) is 0 Å². The van der Waals surface area contributed by atoms with Gasteiger partial charge < -0.3 is 15.6 Å². The van der Waals surface area contributed by atoms with Gasteiger partial charge in [-0.15, -0.1) is 0 Å². The Labute approximate surface area is 138 Å². The van der Waals surface area contributed by atoms with Crippen molar-refractivity contribution in [1.29, 1.82) is 0 Å². The molecule has 2 heterocycles. The average Bonchev–Trinajstić information content (AvgIpc) is 2.92. The predicted molar refractivity (Wildman–Crippen MR) is 91.5 cm³/mol. The van der Waals surface area contributed by atoms with Crippen LogP contribution in [0.3, 0.4) is 0 Å². The highest BCUT2D eigenvalue weighted by Gasteiger charge is 2.08. The largest absolute Gasteiger partial charge is 0.368 e. The summed E-state index contributed by atoms with van der Waals surface area (Å²) in [5.41, 5.74) is 7.85. The number of nitrogen functional groups attached to an aromatic ring is 1. The standard InChI is InChI=1S/C15H17N7S/c1-10-5-3-4-6-11(10)18-14-20-12(19-13(16)21-14)9-23-15-17-7-8-22(15)2/h3-8H,9H2,1-2H3,(H3,16,18,19,20,21). The summed E-state index contributed by atoms with van der Waals surface area (Å²) < 4.78 is 1.95. The summed E-state index contributed by atoms with van der Waals surface area (Å²) in [7, 11) is 1.95. The van der Waals surface area contributed by atoms with Crippen molar-refractivity contribution in [2.24, 2.45) is 7.05 Å². The number of aryl methyl sites for hydroxylation is 2. The molecule has 1 aromatic carbocycles. The normalized spacial score (nSPS) is 10.7. The van der Waals surface area contributed by atoms with Crippen molar-refractivity contribution in [3.63, 3.8) is 0 Å². The van der Waals surface area contributed by atoms with Crippen LogP contribution in [-0.2, 0) is 12.8 Å². The number of aromatic nitrogens is 5. The second-order valence-electron chi connectivity index (χ2n) is 4.98. The summed E-state index contributed by atoms with van der Waals surface area (Å²) in [6.45, 7) is 2.02. The third kappa shape index (κ3) is 3.78. The molecule has 0 aliphatic rings. The molecule has 0 unspecified atom stereocenters. The van der Waals surface area contributed by atoms with Gasteiger partial charge in [0.05, 0.1) is 5.75 Å². The minimum Gasteiger partial charge on any atom is -0.368 e. The number of hydrogen-bond donors (Lipinski definition) is 2. The van der Waals surface area contributed by atoms with Crippen LogP contribution in [0.15, 0.2) is 41.8 Å². The minimum atomic E-state index is 0.200. The summed E-state index contributed by atoms with van der Waals surface area (Å²) in [4.78, 5) is 17.0.